The minimum Gasteiger partial charge on any atom is -0.268 e. The molecule has 0 N–H and O–H groups in total. The van der Waals surface area contributed by atoms with Crippen LogP contribution in [0.5, 0.6) is 0 Å². The van der Waals surface area contributed by atoms with E-state index in [0.29, 0.717) is 0 Å². The zero-order valence-corrected chi connectivity index (χ0v) is 23.6. The van der Waals surface area contributed by atoms with Crippen LogP contribution in [0.2, 0.25) is 0 Å². The molecule has 0 aromatic heterocycles. The monoisotopic (exact) mass is 584 g/mol. The van der Waals surface area contributed by atoms with E-state index < -0.39 is 0 Å². The van der Waals surface area contributed by atoms with Gasteiger partial charge in [0.15, 0.2) is 0 Å². The van der Waals surface area contributed by atoms with E-state index in [1.165, 1.54) is 60.9 Å². The first-order valence-electron chi connectivity index (χ1n) is 11.3. The van der Waals surface area contributed by atoms with Gasteiger partial charge in [0.25, 0.3) is 0 Å². The molecule has 0 saturated carbocycles. The van der Waals surface area contributed by atoms with Crippen LogP contribution in [0, 0.1) is 40.7 Å². The van der Waals surface area contributed by atoms with E-state index in [4.69, 9.17) is 0 Å². The van der Waals surface area contributed by atoms with Gasteiger partial charge in [-0.25, -0.2) is 5.57 Å². The molecule has 0 radical (unpaired) electrons. The Morgan fingerprint density at radius 1 is 0.750 bits per heavy atom. The second kappa shape index (κ2) is 10.7. The fourth-order valence-electron chi connectivity index (χ4n) is 4.56. The Balaban J connectivity index is 0.000000224. The van der Waals surface area contributed by atoms with Gasteiger partial charge in [-0.05, 0) is 22.8 Å². The maximum absolute atomic E-state index is 3.58. The maximum Gasteiger partial charge on any atom is 0 e. The van der Waals surface area contributed by atoms with Crippen molar-refractivity contribution in [1.29, 1.82) is 0 Å². The van der Waals surface area contributed by atoms with Gasteiger partial charge < -0.3 is 0 Å². The molecule has 0 atom stereocenters. The van der Waals surface area contributed by atoms with Gasteiger partial charge >= 0.3 is 0 Å². The van der Waals surface area contributed by atoms with Gasteiger partial charge in [-0.1, -0.05) is 102 Å². The maximum atomic E-state index is 3.58. The van der Waals surface area contributed by atoms with Crippen LogP contribution in [0.15, 0.2) is 66.7 Å². The number of aryl methyl sites for hydroxylation is 1. The topological polar surface area (TPSA) is 0 Å². The normalized spacial score (nSPS) is 12.0. The molecule has 0 heterocycles. The van der Waals surface area contributed by atoms with Crippen LogP contribution in [-0.4, -0.2) is 0 Å². The number of fused-ring (bicyclic) bond motifs is 2. The summed E-state index contributed by atoms with van der Waals surface area (Å²) in [5.41, 5.74) is 13.0. The Bertz CT molecular complexity index is 1160. The molecule has 1 aliphatic carbocycles. The number of hydrogen-bond acceptors (Lipinski definition) is 0. The van der Waals surface area contributed by atoms with Crippen LogP contribution in [0.1, 0.15) is 50.9 Å². The second-order valence-corrected chi connectivity index (χ2v) is 8.80. The largest absolute Gasteiger partial charge is 0.268 e. The van der Waals surface area contributed by atoms with E-state index >= 15 is 0 Å². The molecule has 4 aromatic carbocycles. The first-order chi connectivity index (χ1) is 15.0. The molecular weight excluding hydrogens is 551 g/mol. The van der Waals surface area contributed by atoms with Gasteiger partial charge in [-0.2, -0.15) is 33.4 Å². The fraction of sp³-hybridized carbons (Fsp3) is 0.258. The summed E-state index contributed by atoms with van der Waals surface area (Å²) in [5.74, 6) is 0. The van der Waals surface area contributed by atoms with Crippen molar-refractivity contribution in [2.24, 2.45) is 0 Å². The predicted molar refractivity (Wildman–Crippen MR) is 135 cm³/mol. The summed E-state index contributed by atoms with van der Waals surface area (Å²) in [6.45, 7) is 11.0. The Kier molecular flexibility index (Phi) is 8.17. The first-order valence-corrected chi connectivity index (χ1v) is 11.3. The van der Waals surface area contributed by atoms with Crippen LogP contribution < -0.4 is 0 Å². The van der Waals surface area contributed by atoms with Crippen LogP contribution in [0.25, 0.3) is 16.3 Å². The minimum atomic E-state index is 0. The van der Waals surface area contributed by atoms with E-state index in [1.807, 2.05) is 0 Å². The Morgan fingerprint density at radius 3 is 1.88 bits per heavy atom. The third kappa shape index (κ3) is 5.09. The van der Waals surface area contributed by atoms with E-state index in [1.54, 1.807) is 0 Å². The fourth-order valence-corrected chi connectivity index (χ4v) is 4.56. The van der Waals surface area contributed by atoms with Crippen LogP contribution in [0.3, 0.4) is 0 Å². The molecule has 0 fully saturated rings. The van der Waals surface area contributed by atoms with Crippen molar-refractivity contribution in [3.8, 4) is 0 Å². The second-order valence-electron chi connectivity index (χ2n) is 8.80. The van der Waals surface area contributed by atoms with Gasteiger partial charge in [-0.15, -0.1) is 18.1 Å². The third-order valence-corrected chi connectivity index (χ3v) is 7.11. The number of hydrogen-bond donors (Lipinski definition) is 0. The minimum absolute atomic E-state index is 0. The van der Waals surface area contributed by atoms with Crippen molar-refractivity contribution in [1.82, 2.24) is 0 Å². The summed E-state index contributed by atoms with van der Waals surface area (Å²) < 4.78 is 0. The Labute approximate surface area is 212 Å². The number of benzene rings is 3. The molecule has 0 amide bonds. The molecule has 162 valence electrons. The zero-order chi connectivity index (χ0) is 22.0. The average Bonchev–Trinajstić information content (AvgIpc) is 3.27. The quantitative estimate of drug-likeness (QED) is 0.169. The standard InChI is InChI=1S/C21H17.C10H15.Hf/c1-2-6-16(7-3-1)10-11-17-12-13-20-14-18-8-4-5-9-19(18)15-21(17)20;1-6-7(2)9(4)10(5)8(6)3;/h1-9,14-15H,10-11,13H2;1-5H3;/q2*-1;. The summed E-state index contributed by atoms with van der Waals surface area (Å²) >= 11 is 0. The molecule has 0 bridgehead atoms. The van der Waals surface area contributed by atoms with Gasteiger partial charge in [-0.3, -0.25) is 6.08 Å². The average molecular weight is 583 g/mol. The first kappa shape index (κ1) is 24.5. The molecular formula is C31H32Hf-2. The molecule has 32 heavy (non-hydrogen) atoms. The molecule has 1 heteroatoms. The van der Waals surface area contributed by atoms with Gasteiger partial charge in [0.2, 0.25) is 0 Å². The molecule has 4 aromatic rings. The molecule has 0 nitrogen and oxygen atoms in total. The van der Waals surface area contributed by atoms with Crippen molar-refractivity contribution >= 4 is 16.3 Å². The number of allylic oxidation sites excluding steroid dienone is 2. The predicted octanol–water partition coefficient (Wildman–Crippen LogP) is 8.16. The van der Waals surface area contributed by atoms with Crippen LogP contribution in [-0.2, 0) is 38.7 Å². The van der Waals surface area contributed by atoms with Crippen molar-refractivity contribution in [2.75, 3.05) is 0 Å². The summed E-state index contributed by atoms with van der Waals surface area (Å²) in [6.07, 6.45) is 6.72. The van der Waals surface area contributed by atoms with Crippen molar-refractivity contribution in [2.45, 2.75) is 53.9 Å². The summed E-state index contributed by atoms with van der Waals surface area (Å²) in [4.78, 5) is 0. The van der Waals surface area contributed by atoms with Crippen molar-refractivity contribution in [3.05, 3.63) is 117 Å². The molecule has 1 aliphatic rings. The number of rotatable bonds is 3. The van der Waals surface area contributed by atoms with Crippen LogP contribution >= 0.6 is 0 Å². The third-order valence-electron chi connectivity index (χ3n) is 7.11. The van der Waals surface area contributed by atoms with E-state index in [2.05, 4.69) is 107 Å². The molecule has 0 aliphatic heterocycles. The SMILES string of the molecule is Cc1c(C)c(C)[c-](C)c1C.[C-]1=C(CCc2ccccc2)c2cc3ccccc3cc2C1.[Hf]. The van der Waals surface area contributed by atoms with E-state index in [-0.39, 0.29) is 25.8 Å². The molecule has 0 spiro atoms. The van der Waals surface area contributed by atoms with Gasteiger partial charge in [0.1, 0.15) is 0 Å². The van der Waals surface area contributed by atoms with E-state index in [9.17, 15) is 0 Å². The summed E-state index contributed by atoms with van der Waals surface area (Å²) in [7, 11) is 0. The Morgan fingerprint density at radius 2 is 1.31 bits per heavy atom. The van der Waals surface area contributed by atoms with Gasteiger partial charge in [0.05, 0.1) is 0 Å². The molecule has 0 saturated heterocycles. The van der Waals surface area contributed by atoms with Crippen LogP contribution in [0.4, 0.5) is 0 Å². The smallest absolute Gasteiger partial charge is 0 e. The van der Waals surface area contributed by atoms with Gasteiger partial charge in [0, 0.05) is 25.8 Å². The zero-order valence-electron chi connectivity index (χ0n) is 20.0. The van der Waals surface area contributed by atoms with Crippen molar-refractivity contribution < 1.29 is 25.8 Å². The summed E-state index contributed by atoms with van der Waals surface area (Å²) in [6, 6.07) is 24.0. The van der Waals surface area contributed by atoms with E-state index in [0.717, 1.165) is 19.3 Å². The molecule has 5 rings (SSSR count). The summed E-state index contributed by atoms with van der Waals surface area (Å²) in [5, 5.41) is 2.67. The van der Waals surface area contributed by atoms with Crippen molar-refractivity contribution in [3.63, 3.8) is 0 Å². The Hall–Kier alpha value is -2.12. The molecule has 0 unspecified atom stereocenters.